The minimum Gasteiger partial charge on any atom is -0.491 e. The van der Waals surface area contributed by atoms with Crippen molar-refractivity contribution in [2.24, 2.45) is 5.73 Å². The monoisotopic (exact) mass is 239 g/mol. The molecular weight excluding hydrogens is 217 g/mol. The first-order valence-electron chi connectivity index (χ1n) is 6.18. The lowest BCUT2D eigenvalue weighted by Gasteiger charge is -2.26. The number of hydrogen-bond acceptors (Lipinski definition) is 2. The van der Waals surface area contributed by atoms with Crippen molar-refractivity contribution < 1.29 is 9.13 Å². The molecule has 0 radical (unpaired) electrons. The molecule has 0 saturated heterocycles. The minimum absolute atomic E-state index is 0.0146. The Kier molecular flexibility index (Phi) is 4.94. The lowest BCUT2D eigenvalue weighted by atomic mass is 9.90. The molecule has 0 heterocycles. The van der Waals surface area contributed by atoms with E-state index in [9.17, 15) is 4.39 Å². The predicted molar refractivity (Wildman–Crippen MR) is 69.0 cm³/mol. The van der Waals surface area contributed by atoms with E-state index in [-0.39, 0.29) is 12.6 Å². The smallest absolute Gasteiger partial charge is 0.151 e. The summed E-state index contributed by atoms with van der Waals surface area (Å²) in [7, 11) is 0. The van der Waals surface area contributed by atoms with Gasteiger partial charge in [-0.25, -0.2) is 4.39 Å². The van der Waals surface area contributed by atoms with E-state index in [1.165, 1.54) is 0 Å². The zero-order valence-corrected chi connectivity index (χ0v) is 10.9. The molecule has 17 heavy (non-hydrogen) atoms. The van der Waals surface area contributed by atoms with E-state index >= 15 is 0 Å². The SMILES string of the molecule is CCCC(F)(CN)c1ccccc1OC(C)C. The van der Waals surface area contributed by atoms with Crippen LogP contribution >= 0.6 is 0 Å². The fourth-order valence-electron chi connectivity index (χ4n) is 1.94. The number of nitrogens with two attached hydrogens (primary N) is 1. The Morgan fingerprint density at radius 2 is 2.00 bits per heavy atom. The molecule has 0 amide bonds. The molecule has 2 N–H and O–H groups in total. The summed E-state index contributed by atoms with van der Waals surface area (Å²) >= 11 is 0. The number of rotatable bonds is 6. The standard InChI is InChI=1S/C14H22FNO/c1-4-9-14(15,10-16)12-7-5-6-8-13(12)17-11(2)3/h5-8,11H,4,9-10,16H2,1-3H3. The Morgan fingerprint density at radius 1 is 1.35 bits per heavy atom. The van der Waals surface area contributed by atoms with Gasteiger partial charge in [0.15, 0.2) is 5.67 Å². The van der Waals surface area contributed by atoms with Crippen LogP contribution in [0.1, 0.15) is 39.2 Å². The van der Waals surface area contributed by atoms with Crippen molar-refractivity contribution in [3.63, 3.8) is 0 Å². The van der Waals surface area contributed by atoms with Crippen LogP contribution in [0.3, 0.4) is 0 Å². The summed E-state index contributed by atoms with van der Waals surface area (Å²) in [5.74, 6) is 0.601. The van der Waals surface area contributed by atoms with Crippen LogP contribution in [0.5, 0.6) is 5.75 Å². The van der Waals surface area contributed by atoms with E-state index in [2.05, 4.69) is 0 Å². The van der Waals surface area contributed by atoms with Gasteiger partial charge in [0.05, 0.1) is 6.10 Å². The van der Waals surface area contributed by atoms with Crippen molar-refractivity contribution in [2.75, 3.05) is 6.54 Å². The number of para-hydroxylation sites is 1. The molecule has 0 saturated carbocycles. The molecule has 2 nitrogen and oxygen atoms in total. The predicted octanol–water partition coefficient (Wildman–Crippen LogP) is 3.40. The van der Waals surface area contributed by atoms with Gasteiger partial charge in [0.1, 0.15) is 5.75 Å². The molecule has 1 atom stereocenters. The third-order valence-corrected chi connectivity index (χ3v) is 2.70. The maximum absolute atomic E-state index is 14.8. The van der Waals surface area contributed by atoms with Crippen molar-refractivity contribution in [3.8, 4) is 5.75 Å². The molecule has 3 heteroatoms. The highest BCUT2D eigenvalue weighted by Gasteiger charge is 2.32. The zero-order chi connectivity index (χ0) is 12.9. The second kappa shape index (κ2) is 6.01. The number of halogens is 1. The van der Waals surface area contributed by atoms with E-state index in [0.717, 1.165) is 6.42 Å². The van der Waals surface area contributed by atoms with Crippen LogP contribution in [0, 0.1) is 0 Å². The molecule has 1 unspecified atom stereocenters. The van der Waals surface area contributed by atoms with Crippen molar-refractivity contribution in [1.29, 1.82) is 0 Å². The van der Waals surface area contributed by atoms with Gasteiger partial charge in [-0.2, -0.15) is 0 Å². The molecule has 1 rings (SSSR count). The first kappa shape index (κ1) is 14.0. The normalized spacial score (nSPS) is 14.7. The summed E-state index contributed by atoms with van der Waals surface area (Å²) in [6.07, 6.45) is 1.20. The Hall–Kier alpha value is -1.09. The Bertz CT molecular complexity index is 354. The maximum atomic E-state index is 14.8. The maximum Gasteiger partial charge on any atom is 0.151 e. The molecule has 0 aliphatic rings. The highest BCUT2D eigenvalue weighted by Crippen LogP contribution is 2.36. The van der Waals surface area contributed by atoms with Gasteiger partial charge in [0.2, 0.25) is 0 Å². The summed E-state index contributed by atoms with van der Waals surface area (Å²) in [4.78, 5) is 0. The van der Waals surface area contributed by atoms with E-state index in [0.29, 0.717) is 17.7 Å². The topological polar surface area (TPSA) is 35.2 Å². The molecule has 96 valence electrons. The molecular formula is C14H22FNO. The van der Waals surface area contributed by atoms with Crippen LogP contribution in [0.4, 0.5) is 4.39 Å². The Labute approximate surface area is 103 Å². The first-order valence-corrected chi connectivity index (χ1v) is 6.18. The van der Waals surface area contributed by atoms with Gasteiger partial charge in [-0.05, 0) is 26.3 Å². The van der Waals surface area contributed by atoms with Gasteiger partial charge in [-0.15, -0.1) is 0 Å². The van der Waals surface area contributed by atoms with Gasteiger partial charge in [-0.3, -0.25) is 0 Å². The molecule has 0 aliphatic heterocycles. The molecule has 0 aliphatic carbocycles. The van der Waals surface area contributed by atoms with E-state index < -0.39 is 5.67 Å². The van der Waals surface area contributed by atoms with Crippen molar-refractivity contribution in [3.05, 3.63) is 29.8 Å². The molecule has 0 fully saturated rings. The molecule has 0 bridgehead atoms. The van der Waals surface area contributed by atoms with Gasteiger partial charge >= 0.3 is 0 Å². The number of ether oxygens (including phenoxy) is 1. The average Bonchev–Trinajstić information content (AvgIpc) is 2.29. The van der Waals surface area contributed by atoms with Gasteiger partial charge in [-0.1, -0.05) is 31.5 Å². The fraction of sp³-hybridized carbons (Fsp3) is 0.571. The quantitative estimate of drug-likeness (QED) is 0.825. The summed E-state index contributed by atoms with van der Waals surface area (Å²) in [5, 5.41) is 0. The number of benzene rings is 1. The zero-order valence-electron chi connectivity index (χ0n) is 10.9. The summed E-state index contributed by atoms with van der Waals surface area (Å²) in [6.45, 7) is 5.80. The van der Waals surface area contributed by atoms with Crippen LogP contribution in [0.15, 0.2) is 24.3 Å². The minimum atomic E-state index is -1.49. The largest absolute Gasteiger partial charge is 0.491 e. The summed E-state index contributed by atoms with van der Waals surface area (Å²) in [5.41, 5.74) is 4.68. The highest BCUT2D eigenvalue weighted by atomic mass is 19.1. The molecule has 1 aromatic rings. The summed E-state index contributed by atoms with van der Waals surface area (Å²) < 4.78 is 20.4. The van der Waals surface area contributed by atoms with Crippen molar-refractivity contribution >= 4 is 0 Å². The van der Waals surface area contributed by atoms with Crippen LogP contribution in [0.2, 0.25) is 0 Å². The lowest BCUT2D eigenvalue weighted by Crippen LogP contribution is -2.31. The Morgan fingerprint density at radius 3 is 2.53 bits per heavy atom. The number of alkyl halides is 1. The Balaban J connectivity index is 3.09. The van der Waals surface area contributed by atoms with Gasteiger partial charge in [0, 0.05) is 12.1 Å². The van der Waals surface area contributed by atoms with Crippen LogP contribution in [-0.4, -0.2) is 12.6 Å². The fourth-order valence-corrected chi connectivity index (χ4v) is 1.94. The molecule has 0 aromatic heterocycles. The van der Waals surface area contributed by atoms with E-state index in [1.807, 2.05) is 32.9 Å². The van der Waals surface area contributed by atoms with Gasteiger partial charge in [0.25, 0.3) is 0 Å². The van der Waals surface area contributed by atoms with Crippen molar-refractivity contribution in [1.82, 2.24) is 0 Å². The van der Waals surface area contributed by atoms with Crippen LogP contribution < -0.4 is 10.5 Å². The summed E-state index contributed by atoms with van der Waals surface area (Å²) in [6, 6.07) is 7.24. The third-order valence-electron chi connectivity index (χ3n) is 2.70. The van der Waals surface area contributed by atoms with E-state index in [4.69, 9.17) is 10.5 Å². The molecule has 0 spiro atoms. The second-order valence-electron chi connectivity index (χ2n) is 4.58. The molecule has 1 aromatic carbocycles. The van der Waals surface area contributed by atoms with E-state index in [1.54, 1.807) is 12.1 Å². The van der Waals surface area contributed by atoms with Crippen LogP contribution in [0.25, 0.3) is 0 Å². The van der Waals surface area contributed by atoms with Gasteiger partial charge < -0.3 is 10.5 Å². The van der Waals surface area contributed by atoms with Crippen molar-refractivity contribution in [2.45, 2.75) is 45.4 Å². The average molecular weight is 239 g/mol. The first-order chi connectivity index (χ1) is 8.03. The lowest BCUT2D eigenvalue weighted by molar-refractivity contribution is 0.147. The highest BCUT2D eigenvalue weighted by molar-refractivity contribution is 5.38. The second-order valence-corrected chi connectivity index (χ2v) is 4.58. The third kappa shape index (κ3) is 3.43. The number of hydrogen-bond donors (Lipinski definition) is 1. The van der Waals surface area contributed by atoms with Crippen LogP contribution in [-0.2, 0) is 5.67 Å².